The molecule has 0 spiro atoms. The van der Waals surface area contributed by atoms with Crippen molar-refractivity contribution in [1.82, 2.24) is 15.2 Å². The van der Waals surface area contributed by atoms with Crippen LogP contribution in [-0.2, 0) is 6.42 Å². The highest BCUT2D eigenvalue weighted by molar-refractivity contribution is 6.34. The van der Waals surface area contributed by atoms with Gasteiger partial charge < -0.3 is 15.2 Å². The lowest BCUT2D eigenvalue weighted by atomic mass is 10.1. The zero-order chi connectivity index (χ0) is 22.3. The molecule has 1 saturated heterocycles. The number of hydrogen-bond acceptors (Lipinski definition) is 3. The SMILES string of the molecule is CCc1cccc(N2CCN(CCCCCNC(=O)c3cc4ccccc4[nH]3)CC2)c1Cl. The van der Waals surface area contributed by atoms with Gasteiger partial charge in [0.1, 0.15) is 5.69 Å². The van der Waals surface area contributed by atoms with E-state index in [0.29, 0.717) is 12.2 Å². The lowest BCUT2D eigenvalue weighted by Crippen LogP contribution is -2.46. The Bertz CT molecular complexity index is 1010. The third kappa shape index (κ3) is 5.45. The third-order valence-corrected chi connectivity index (χ3v) is 6.80. The van der Waals surface area contributed by atoms with Gasteiger partial charge in [0.25, 0.3) is 5.91 Å². The highest BCUT2D eigenvalue weighted by Gasteiger charge is 2.19. The number of piperazine rings is 1. The summed E-state index contributed by atoms with van der Waals surface area (Å²) in [6, 6.07) is 16.2. The first-order valence-corrected chi connectivity index (χ1v) is 12.1. The third-order valence-electron chi connectivity index (χ3n) is 6.36. The lowest BCUT2D eigenvalue weighted by molar-refractivity contribution is 0.0948. The van der Waals surface area contributed by atoms with E-state index < -0.39 is 0 Å². The summed E-state index contributed by atoms with van der Waals surface area (Å²) in [5.74, 6) is -0.0249. The van der Waals surface area contributed by atoms with Crippen LogP contribution in [0, 0.1) is 0 Å². The molecule has 1 aliphatic heterocycles. The molecule has 0 bridgehead atoms. The number of aromatic nitrogens is 1. The Morgan fingerprint density at radius 1 is 1.03 bits per heavy atom. The number of unbranched alkanes of at least 4 members (excludes halogenated alkanes) is 2. The zero-order valence-corrected chi connectivity index (χ0v) is 19.6. The fraction of sp³-hybridized carbons (Fsp3) is 0.423. The summed E-state index contributed by atoms with van der Waals surface area (Å²) in [4.78, 5) is 20.5. The quantitative estimate of drug-likeness (QED) is 0.444. The first-order chi connectivity index (χ1) is 15.7. The number of amides is 1. The van der Waals surface area contributed by atoms with E-state index in [1.807, 2.05) is 30.3 Å². The Morgan fingerprint density at radius 2 is 1.84 bits per heavy atom. The van der Waals surface area contributed by atoms with Crippen molar-refractivity contribution in [3.63, 3.8) is 0 Å². The molecule has 1 amide bonds. The molecule has 0 unspecified atom stereocenters. The highest BCUT2D eigenvalue weighted by Crippen LogP contribution is 2.30. The first-order valence-electron chi connectivity index (χ1n) is 11.8. The molecule has 0 radical (unpaired) electrons. The molecule has 3 aromatic rings. The van der Waals surface area contributed by atoms with Crippen molar-refractivity contribution < 1.29 is 4.79 Å². The molecule has 4 rings (SSSR count). The zero-order valence-electron chi connectivity index (χ0n) is 18.9. The fourth-order valence-electron chi connectivity index (χ4n) is 4.43. The number of carbonyl (C=O) groups excluding carboxylic acids is 1. The summed E-state index contributed by atoms with van der Waals surface area (Å²) in [5.41, 5.74) is 4.03. The molecule has 2 heterocycles. The van der Waals surface area contributed by atoms with Gasteiger partial charge in [0, 0.05) is 43.6 Å². The van der Waals surface area contributed by atoms with Gasteiger partial charge in [-0.15, -0.1) is 0 Å². The number of para-hydroxylation sites is 1. The number of nitrogens with zero attached hydrogens (tertiary/aromatic N) is 2. The number of H-pyrrole nitrogens is 1. The lowest BCUT2D eigenvalue weighted by Gasteiger charge is -2.36. The van der Waals surface area contributed by atoms with E-state index in [1.54, 1.807) is 0 Å². The van der Waals surface area contributed by atoms with Crippen molar-refractivity contribution in [3.05, 3.63) is 64.8 Å². The summed E-state index contributed by atoms with van der Waals surface area (Å²) in [6.45, 7) is 8.17. The van der Waals surface area contributed by atoms with Crippen LogP contribution >= 0.6 is 11.6 Å². The Kier molecular flexibility index (Phi) is 7.72. The summed E-state index contributed by atoms with van der Waals surface area (Å²) >= 11 is 6.61. The smallest absolute Gasteiger partial charge is 0.267 e. The molecular weight excluding hydrogens is 420 g/mol. The second kappa shape index (κ2) is 10.9. The van der Waals surface area contributed by atoms with E-state index in [0.717, 1.165) is 74.3 Å². The van der Waals surface area contributed by atoms with E-state index >= 15 is 0 Å². The monoisotopic (exact) mass is 452 g/mol. The number of nitrogens with one attached hydrogen (secondary N) is 2. The van der Waals surface area contributed by atoms with Crippen LogP contribution < -0.4 is 10.2 Å². The van der Waals surface area contributed by atoms with Crippen molar-refractivity contribution in [2.45, 2.75) is 32.6 Å². The molecule has 1 aliphatic rings. The maximum Gasteiger partial charge on any atom is 0.267 e. The largest absolute Gasteiger partial charge is 0.368 e. The molecule has 1 aromatic heterocycles. The average molecular weight is 453 g/mol. The molecule has 32 heavy (non-hydrogen) atoms. The molecule has 1 fully saturated rings. The number of benzene rings is 2. The van der Waals surface area contributed by atoms with Gasteiger partial charge >= 0.3 is 0 Å². The standard InChI is InChI=1S/C26H33ClN4O/c1-2-20-10-8-12-24(25(20)27)31-17-15-30(16-18-31)14-7-3-6-13-28-26(32)23-19-21-9-4-5-11-22(21)29-23/h4-5,8-12,19,29H,2-3,6-7,13-18H2,1H3,(H,28,32). The van der Waals surface area contributed by atoms with Gasteiger partial charge in [0.05, 0.1) is 10.7 Å². The molecule has 170 valence electrons. The van der Waals surface area contributed by atoms with Gasteiger partial charge in [-0.25, -0.2) is 0 Å². The molecule has 0 aliphatic carbocycles. The van der Waals surface area contributed by atoms with Crippen LogP contribution in [0.3, 0.4) is 0 Å². The number of halogens is 1. The van der Waals surface area contributed by atoms with Gasteiger partial charge in [-0.05, 0) is 49.6 Å². The van der Waals surface area contributed by atoms with Crippen LogP contribution in [-0.4, -0.2) is 55.1 Å². The number of carbonyl (C=O) groups is 1. The van der Waals surface area contributed by atoms with Crippen LogP contribution in [0.5, 0.6) is 0 Å². The minimum atomic E-state index is -0.0249. The van der Waals surface area contributed by atoms with Gasteiger partial charge in [-0.1, -0.05) is 55.3 Å². The molecule has 0 saturated carbocycles. The summed E-state index contributed by atoms with van der Waals surface area (Å²) in [6.07, 6.45) is 4.26. The van der Waals surface area contributed by atoms with Gasteiger partial charge in [-0.3, -0.25) is 9.69 Å². The topological polar surface area (TPSA) is 51.4 Å². The predicted octanol–water partition coefficient (Wildman–Crippen LogP) is 5.11. The van der Waals surface area contributed by atoms with Crippen molar-refractivity contribution in [1.29, 1.82) is 0 Å². The first kappa shape index (κ1) is 22.7. The van der Waals surface area contributed by atoms with E-state index in [1.165, 1.54) is 11.3 Å². The molecular formula is C26H33ClN4O. The Labute approximate surface area is 195 Å². The van der Waals surface area contributed by atoms with Crippen LogP contribution in [0.2, 0.25) is 5.02 Å². The number of rotatable bonds is 9. The van der Waals surface area contributed by atoms with Gasteiger partial charge in [0.15, 0.2) is 0 Å². The number of fused-ring (bicyclic) bond motifs is 1. The Hall–Kier alpha value is -2.50. The normalized spacial score (nSPS) is 14.8. The summed E-state index contributed by atoms with van der Waals surface area (Å²) in [5, 5.41) is 5.02. The van der Waals surface area contributed by atoms with Crippen LogP contribution in [0.15, 0.2) is 48.5 Å². The van der Waals surface area contributed by atoms with E-state index in [4.69, 9.17) is 11.6 Å². The molecule has 2 aromatic carbocycles. The van der Waals surface area contributed by atoms with Crippen LogP contribution in [0.1, 0.15) is 42.2 Å². The van der Waals surface area contributed by atoms with Crippen LogP contribution in [0.4, 0.5) is 5.69 Å². The maximum absolute atomic E-state index is 12.3. The second-order valence-electron chi connectivity index (χ2n) is 8.52. The number of anilines is 1. The van der Waals surface area contributed by atoms with Crippen molar-refractivity contribution >= 4 is 34.1 Å². The second-order valence-corrected chi connectivity index (χ2v) is 8.90. The van der Waals surface area contributed by atoms with Gasteiger partial charge in [0.2, 0.25) is 0 Å². The molecule has 2 N–H and O–H groups in total. The van der Waals surface area contributed by atoms with E-state index in [2.05, 4.69) is 45.2 Å². The van der Waals surface area contributed by atoms with Crippen molar-refractivity contribution in [2.75, 3.05) is 44.2 Å². The van der Waals surface area contributed by atoms with Crippen molar-refractivity contribution in [2.24, 2.45) is 0 Å². The predicted molar refractivity (Wildman–Crippen MR) is 134 cm³/mol. The van der Waals surface area contributed by atoms with E-state index in [9.17, 15) is 4.79 Å². The molecule has 6 heteroatoms. The number of aromatic amines is 1. The number of aryl methyl sites for hydroxylation is 1. The summed E-state index contributed by atoms with van der Waals surface area (Å²) < 4.78 is 0. The Balaban J connectivity index is 1.12. The minimum Gasteiger partial charge on any atom is -0.368 e. The van der Waals surface area contributed by atoms with E-state index in [-0.39, 0.29) is 5.91 Å². The number of hydrogen-bond donors (Lipinski definition) is 2. The average Bonchev–Trinajstić information content (AvgIpc) is 3.26. The minimum absolute atomic E-state index is 0.0249. The van der Waals surface area contributed by atoms with Gasteiger partial charge in [-0.2, -0.15) is 0 Å². The molecule has 5 nitrogen and oxygen atoms in total. The Morgan fingerprint density at radius 3 is 2.62 bits per heavy atom. The highest BCUT2D eigenvalue weighted by atomic mass is 35.5. The van der Waals surface area contributed by atoms with Crippen molar-refractivity contribution in [3.8, 4) is 0 Å². The van der Waals surface area contributed by atoms with Crippen LogP contribution in [0.25, 0.3) is 10.9 Å². The summed E-state index contributed by atoms with van der Waals surface area (Å²) in [7, 11) is 0. The maximum atomic E-state index is 12.3. The fourth-order valence-corrected chi connectivity index (χ4v) is 4.81. The molecule has 0 atom stereocenters.